The van der Waals surface area contributed by atoms with E-state index in [9.17, 15) is 91.9 Å². The van der Waals surface area contributed by atoms with E-state index in [2.05, 4.69) is 0 Å². The van der Waals surface area contributed by atoms with Gasteiger partial charge in [0.2, 0.25) is 57.5 Å². The number of rotatable bonds is 4. The summed E-state index contributed by atoms with van der Waals surface area (Å²) in [5.74, 6) is -26.5. The normalized spacial score (nSPS) is 11.7. The lowest BCUT2D eigenvalue weighted by Gasteiger charge is -2.24. The highest BCUT2D eigenvalue weighted by Gasteiger charge is 2.38. The van der Waals surface area contributed by atoms with Crippen LogP contribution < -0.4 is 0 Å². The van der Waals surface area contributed by atoms with Crippen molar-refractivity contribution in [1.29, 1.82) is 0 Å². The molecule has 19 heteroatoms. The Labute approximate surface area is 347 Å². The SMILES string of the molecule is Oc1c(O)c(O)c(-c2c(-c3c4c(O)c(O)c(O)c(O)c4c(-c4c(O)c(O)c(O)c(O)c4O)c4c(O)c(O)c(O)c(O)c34)ccc3c2oc2cc(-c4ccccc4)ccc23)c(O)c1O. The Kier molecular flexibility index (Phi) is 8.03. The van der Waals surface area contributed by atoms with Gasteiger partial charge < -0.3 is 96.3 Å². The van der Waals surface area contributed by atoms with Crippen LogP contribution in [0.4, 0.5) is 0 Å². The maximum atomic E-state index is 11.8. The quantitative estimate of drug-likeness (QED) is 0.0470. The summed E-state index contributed by atoms with van der Waals surface area (Å²) in [5, 5.41) is 196. The fourth-order valence-corrected chi connectivity index (χ4v) is 8.09. The molecule has 0 atom stereocenters. The van der Waals surface area contributed by atoms with Gasteiger partial charge in [0.05, 0.1) is 11.1 Å². The predicted molar refractivity (Wildman–Crippen MR) is 220 cm³/mol. The van der Waals surface area contributed by atoms with Gasteiger partial charge in [0, 0.05) is 49.0 Å². The van der Waals surface area contributed by atoms with Crippen LogP contribution in [-0.2, 0) is 0 Å². The summed E-state index contributed by atoms with van der Waals surface area (Å²) in [5.41, 5.74) is -4.18. The van der Waals surface area contributed by atoms with E-state index in [-0.39, 0.29) is 16.6 Å². The molecule has 0 saturated carbocycles. The van der Waals surface area contributed by atoms with Crippen LogP contribution in [0.5, 0.6) is 103 Å². The molecule has 1 heterocycles. The van der Waals surface area contributed by atoms with Gasteiger partial charge in [-0.25, -0.2) is 0 Å². The Morgan fingerprint density at radius 2 is 0.635 bits per heavy atom. The average Bonchev–Trinajstić information content (AvgIpc) is 3.66. The number of hydrogen-bond donors (Lipinski definition) is 18. The van der Waals surface area contributed by atoms with E-state index >= 15 is 0 Å². The highest BCUT2D eigenvalue weighted by Crippen LogP contribution is 2.67. The first-order valence-electron chi connectivity index (χ1n) is 18.0. The van der Waals surface area contributed by atoms with Crippen LogP contribution in [-0.4, -0.2) is 91.9 Å². The van der Waals surface area contributed by atoms with Crippen molar-refractivity contribution >= 4 is 43.5 Å². The number of furan rings is 1. The first-order chi connectivity index (χ1) is 29.8. The van der Waals surface area contributed by atoms with E-state index in [4.69, 9.17) is 4.42 Å². The second kappa shape index (κ2) is 13.0. The summed E-state index contributed by atoms with van der Waals surface area (Å²) in [6.07, 6.45) is 0. The minimum absolute atomic E-state index is 0.130. The summed E-state index contributed by atoms with van der Waals surface area (Å²) >= 11 is 0. The molecule has 0 amide bonds. The van der Waals surface area contributed by atoms with E-state index in [0.29, 0.717) is 10.9 Å². The van der Waals surface area contributed by atoms with Gasteiger partial charge in [0.15, 0.2) is 46.0 Å². The summed E-state index contributed by atoms with van der Waals surface area (Å²) in [6.45, 7) is 0. The molecule has 19 nitrogen and oxygen atoms in total. The summed E-state index contributed by atoms with van der Waals surface area (Å²) < 4.78 is 6.37. The molecular weight excluding hydrogens is 832 g/mol. The molecule has 63 heavy (non-hydrogen) atoms. The molecule has 9 rings (SSSR count). The number of benzene rings is 8. The third-order valence-corrected chi connectivity index (χ3v) is 11.1. The molecule has 0 bridgehead atoms. The fourth-order valence-electron chi connectivity index (χ4n) is 8.09. The first kappa shape index (κ1) is 39.0. The molecule has 18 N–H and O–H groups in total. The van der Waals surface area contributed by atoms with Crippen molar-refractivity contribution in [3.8, 4) is 148 Å². The molecule has 0 aliphatic heterocycles. The minimum atomic E-state index is -1.55. The van der Waals surface area contributed by atoms with E-state index < -0.39 is 158 Å². The van der Waals surface area contributed by atoms with E-state index in [1.54, 1.807) is 48.5 Å². The lowest BCUT2D eigenvalue weighted by Crippen LogP contribution is -1.97. The van der Waals surface area contributed by atoms with Crippen molar-refractivity contribution in [1.82, 2.24) is 0 Å². The molecule has 0 saturated heterocycles. The van der Waals surface area contributed by atoms with Crippen LogP contribution in [0, 0.1) is 0 Å². The Balaban J connectivity index is 1.60. The lowest BCUT2D eigenvalue weighted by atomic mass is 9.80. The van der Waals surface area contributed by atoms with Crippen molar-refractivity contribution in [2.24, 2.45) is 0 Å². The molecule has 8 aromatic carbocycles. The Bertz CT molecular complexity index is 3400. The smallest absolute Gasteiger partial charge is 0.208 e. The van der Waals surface area contributed by atoms with Crippen molar-refractivity contribution in [2.75, 3.05) is 0 Å². The number of phenols is 18. The number of fused-ring (bicyclic) bond motifs is 5. The second-order valence-corrected chi connectivity index (χ2v) is 14.3. The van der Waals surface area contributed by atoms with Crippen LogP contribution in [0.3, 0.4) is 0 Å². The van der Waals surface area contributed by atoms with Gasteiger partial charge in [-0.2, -0.15) is 0 Å². The second-order valence-electron chi connectivity index (χ2n) is 14.3. The third kappa shape index (κ3) is 4.94. The van der Waals surface area contributed by atoms with Crippen molar-refractivity contribution < 1.29 is 96.3 Å². The van der Waals surface area contributed by atoms with Crippen LogP contribution in [0.15, 0.2) is 65.1 Å². The highest BCUT2D eigenvalue weighted by atomic mass is 16.4. The van der Waals surface area contributed by atoms with Crippen molar-refractivity contribution in [3.05, 3.63) is 60.7 Å². The number of phenolic OH excluding ortho intramolecular Hbond substituents is 18. The molecular formula is C44H28O19. The predicted octanol–water partition coefficient (Wildman–Crippen LogP) is 7.26. The number of hydrogen-bond acceptors (Lipinski definition) is 19. The lowest BCUT2D eigenvalue weighted by molar-refractivity contribution is 0.330. The Hall–Kier alpha value is -9.52. The third-order valence-electron chi connectivity index (χ3n) is 11.1. The monoisotopic (exact) mass is 860 g/mol. The van der Waals surface area contributed by atoms with E-state index in [1.165, 1.54) is 6.07 Å². The van der Waals surface area contributed by atoms with Crippen LogP contribution >= 0.6 is 0 Å². The van der Waals surface area contributed by atoms with Crippen molar-refractivity contribution in [2.45, 2.75) is 0 Å². The van der Waals surface area contributed by atoms with E-state index in [0.717, 1.165) is 11.6 Å². The molecule has 0 unspecified atom stereocenters. The average molecular weight is 861 g/mol. The maximum Gasteiger partial charge on any atom is 0.208 e. The molecule has 0 fully saturated rings. The van der Waals surface area contributed by atoms with Gasteiger partial charge in [-0.15, -0.1) is 0 Å². The molecule has 0 spiro atoms. The molecule has 9 aromatic rings. The van der Waals surface area contributed by atoms with Gasteiger partial charge in [-0.05, 0) is 34.9 Å². The molecule has 0 aliphatic rings. The van der Waals surface area contributed by atoms with Crippen LogP contribution in [0.25, 0.3) is 88.0 Å². The zero-order valence-electron chi connectivity index (χ0n) is 31.2. The zero-order valence-corrected chi connectivity index (χ0v) is 31.2. The molecule has 0 radical (unpaired) electrons. The maximum absolute atomic E-state index is 11.8. The van der Waals surface area contributed by atoms with Gasteiger partial charge in [0.25, 0.3) is 0 Å². The van der Waals surface area contributed by atoms with Crippen molar-refractivity contribution in [3.63, 3.8) is 0 Å². The van der Waals surface area contributed by atoms with E-state index in [1.807, 2.05) is 0 Å². The van der Waals surface area contributed by atoms with Gasteiger partial charge in [-0.3, -0.25) is 0 Å². The number of aromatic hydroxyl groups is 18. The summed E-state index contributed by atoms with van der Waals surface area (Å²) in [7, 11) is 0. The topological polar surface area (TPSA) is 377 Å². The molecule has 1 aromatic heterocycles. The summed E-state index contributed by atoms with van der Waals surface area (Å²) in [4.78, 5) is 0. The van der Waals surface area contributed by atoms with Gasteiger partial charge in [0.1, 0.15) is 11.2 Å². The Morgan fingerprint density at radius 1 is 0.270 bits per heavy atom. The first-order valence-corrected chi connectivity index (χ1v) is 18.0. The minimum Gasteiger partial charge on any atom is -0.504 e. The van der Waals surface area contributed by atoms with Crippen LogP contribution in [0.1, 0.15) is 0 Å². The molecule has 318 valence electrons. The fraction of sp³-hybridized carbons (Fsp3) is 0. The van der Waals surface area contributed by atoms with Crippen LogP contribution in [0.2, 0.25) is 0 Å². The zero-order chi connectivity index (χ0) is 45.4. The largest absolute Gasteiger partial charge is 0.504 e. The summed E-state index contributed by atoms with van der Waals surface area (Å²) in [6, 6.07) is 16.4. The van der Waals surface area contributed by atoms with Gasteiger partial charge in [-0.1, -0.05) is 42.5 Å². The highest BCUT2D eigenvalue weighted by molar-refractivity contribution is 6.31. The van der Waals surface area contributed by atoms with Gasteiger partial charge >= 0.3 is 0 Å². The standard InChI is InChI=1S/C44H28O19/c45-26-20-17(21-23(29(48)37(56)35(54)27(21)46)19(22(20)28(47)36(55)34(26)53)25-32(51)40(59)43(62)41(60)33(25)52)15-9-8-14-13-7-6-12(11-4-2-1-3-5-11)10-16(13)63-44(14)18(15)24-30(49)38(57)42(61)39(58)31(24)50/h1-10,45-62H. The molecule has 0 aliphatic carbocycles. The Morgan fingerprint density at radius 3 is 1.08 bits per heavy atom.